The maximum Gasteiger partial charge on any atom is 0.235 e. The second-order valence-corrected chi connectivity index (χ2v) is 9.41. The van der Waals surface area contributed by atoms with E-state index in [1.54, 1.807) is 12.1 Å². The van der Waals surface area contributed by atoms with Gasteiger partial charge in [0.2, 0.25) is 17.2 Å². The third-order valence-electron chi connectivity index (χ3n) is 7.43. The van der Waals surface area contributed by atoms with Crippen LogP contribution in [0.25, 0.3) is 5.70 Å². The molecule has 0 radical (unpaired) electrons. The first-order valence-electron chi connectivity index (χ1n) is 11.1. The molecule has 2 N–H and O–H groups in total. The number of carbonyl (C=O) groups excluding carboxylic acids is 1. The molecule has 1 aliphatic heterocycles. The van der Waals surface area contributed by atoms with Crippen LogP contribution in [0.2, 0.25) is 0 Å². The molecular weight excluding hydrogens is 358 g/mol. The molecule has 150 valence electrons. The standard InChI is InChI=1S/C26H29NO2/c1-15(23(17-10-11-17)18-12-13-18)16(2)26(29)25-22-9-4-3-8-21(22)24(27-25)19-6-5-7-20(28)14-19/h3-9,14-18,22-23,28H,10-13H2,1-2H3/p+1. The van der Waals surface area contributed by atoms with E-state index in [-0.39, 0.29) is 23.4 Å². The summed E-state index contributed by atoms with van der Waals surface area (Å²) in [7, 11) is 0. The SMILES string of the molecule is CC(C(=O)C1=[NH+]C(c2cccc(O)c2)=C2C=CC=CC12)C(C)C(C1CC1)C1CC1. The van der Waals surface area contributed by atoms with E-state index in [2.05, 4.69) is 31.0 Å². The van der Waals surface area contributed by atoms with Crippen LogP contribution < -0.4 is 4.99 Å². The number of phenols is 1. The fourth-order valence-corrected chi connectivity index (χ4v) is 5.46. The van der Waals surface area contributed by atoms with Gasteiger partial charge in [-0.15, -0.1) is 0 Å². The van der Waals surface area contributed by atoms with Crippen LogP contribution in [-0.4, -0.2) is 16.6 Å². The minimum Gasteiger partial charge on any atom is -0.508 e. The van der Waals surface area contributed by atoms with Gasteiger partial charge in [-0.2, -0.15) is 0 Å². The van der Waals surface area contributed by atoms with Crippen molar-refractivity contribution in [1.29, 1.82) is 0 Å². The normalized spacial score (nSPS) is 25.2. The Labute approximate surface area is 172 Å². The molecule has 1 aromatic rings. The Morgan fingerprint density at radius 2 is 1.83 bits per heavy atom. The van der Waals surface area contributed by atoms with Gasteiger partial charge in [0.25, 0.3) is 0 Å². The Morgan fingerprint density at radius 3 is 2.48 bits per heavy atom. The molecule has 0 bridgehead atoms. The van der Waals surface area contributed by atoms with Gasteiger partial charge >= 0.3 is 0 Å². The monoisotopic (exact) mass is 388 g/mol. The van der Waals surface area contributed by atoms with Crippen molar-refractivity contribution >= 4 is 17.2 Å². The summed E-state index contributed by atoms with van der Waals surface area (Å²) in [6.07, 6.45) is 13.7. The molecular formula is C26H30NO2+. The summed E-state index contributed by atoms with van der Waals surface area (Å²) in [5.74, 6) is 3.34. The van der Waals surface area contributed by atoms with Crippen LogP contribution >= 0.6 is 0 Å². The molecule has 0 amide bonds. The Kier molecular flexibility index (Phi) is 4.57. The number of nitrogens with one attached hydrogen (secondary N) is 1. The molecule has 5 rings (SSSR count). The number of hydrogen-bond acceptors (Lipinski definition) is 2. The zero-order chi connectivity index (χ0) is 20.1. The molecule has 0 aromatic heterocycles. The van der Waals surface area contributed by atoms with E-state index in [9.17, 15) is 9.90 Å². The van der Waals surface area contributed by atoms with E-state index >= 15 is 0 Å². The fourth-order valence-electron chi connectivity index (χ4n) is 5.46. The van der Waals surface area contributed by atoms with Gasteiger partial charge in [0.05, 0.1) is 11.5 Å². The topological polar surface area (TPSA) is 51.3 Å². The molecule has 3 atom stereocenters. The largest absolute Gasteiger partial charge is 0.508 e. The summed E-state index contributed by atoms with van der Waals surface area (Å²) < 4.78 is 0. The lowest BCUT2D eigenvalue weighted by molar-refractivity contribution is -0.340. The highest BCUT2D eigenvalue weighted by atomic mass is 16.3. The number of Topliss-reactive ketones (excluding diaryl/α,β-unsaturated/α-hetero) is 1. The van der Waals surface area contributed by atoms with Crippen molar-refractivity contribution < 1.29 is 14.9 Å². The number of benzene rings is 1. The molecule has 3 heteroatoms. The third-order valence-corrected chi connectivity index (χ3v) is 7.43. The van der Waals surface area contributed by atoms with Gasteiger partial charge in [-0.1, -0.05) is 44.2 Å². The van der Waals surface area contributed by atoms with Crippen molar-refractivity contribution in [2.75, 3.05) is 0 Å². The quantitative estimate of drug-likeness (QED) is 0.749. The van der Waals surface area contributed by atoms with Gasteiger partial charge in [-0.05, 0) is 67.6 Å². The summed E-state index contributed by atoms with van der Waals surface area (Å²) in [4.78, 5) is 17.1. The number of allylic oxidation sites excluding steroid dienone is 5. The minimum atomic E-state index is -0.0141. The minimum absolute atomic E-state index is 0.0141. The molecule has 2 saturated carbocycles. The molecule has 3 nitrogen and oxygen atoms in total. The summed E-state index contributed by atoms with van der Waals surface area (Å²) >= 11 is 0. The predicted molar refractivity (Wildman–Crippen MR) is 115 cm³/mol. The summed E-state index contributed by atoms with van der Waals surface area (Å²) in [5.41, 5.74) is 3.77. The molecule has 3 aliphatic carbocycles. The number of phenolic OH excluding ortho intramolecular Hbond substituents is 1. The zero-order valence-corrected chi connectivity index (χ0v) is 17.3. The number of carbonyl (C=O) groups is 1. The van der Waals surface area contributed by atoms with E-state index in [0.717, 1.165) is 40.3 Å². The summed E-state index contributed by atoms with van der Waals surface area (Å²) in [5, 5.41) is 9.93. The second kappa shape index (κ2) is 7.12. The smallest absolute Gasteiger partial charge is 0.235 e. The van der Waals surface area contributed by atoms with Crippen LogP contribution in [0.15, 0.2) is 54.1 Å². The number of rotatable bonds is 7. The maximum absolute atomic E-state index is 13.6. The highest BCUT2D eigenvalue weighted by Gasteiger charge is 2.48. The number of hydrogen-bond donors (Lipinski definition) is 2. The highest BCUT2D eigenvalue weighted by Crippen LogP contribution is 2.53. The first-order chi connectivity index (χ1) is 14.0. The van der Waals surface area contributed by atoms with Gasteiger partial charge < -0.3 is 5.11 Å². The zero-order valence-electron chi connectivity index (χ0n) is 17.3. The van der Waals surface area contributed by atoms with Gasteiger partial charge in [-0.25, -0.2) is 4.99 Å². The lowest BCUT2D eigenvalue weighted by Gasteiger charge is -2.28. The number of aromatic hydroxyl groups is 1. The molecule has 4 aliphatic rings. The molecule has 1 heterocycles. The average molecular weight is 389 g/mol. The first kappa shape index (κ1) is 18.6. The van der Waals surface area contributed by atoms with Crippen LogP contribution in [-0.2, 0) is 4.79 Å². The van der Waals surface area contributed by atoms with Crippen molar-refractivity contribution in [3.8, 4) is 5.75 Å². The Morgan fingerprint density at radius 1 is 1.10 bits per heavy atom. The molecule has 3 unspecified atom stereocenters. The molecule has 1 aromatic carbocycles. The van der Waals surface area contributed by atoms with Crippen molar-refractivity contribution in [2.45, 2.75) is 39.5 Å². The fraction of sp³-hybridized carbons (Fsp3) is 0.462. The molecule has 0 saturated heterocycles. The maximum atomic E-state index is 13.6. The number of ketones is 1. The highest BCUT2D eigenvalue weighted by molar-refractivity contribution is 6.41. The van der Waals surface area contributed by atoms with E-state index in [4.69, 9.17) is 0 Å². The third kappa shape index (κ3) is 3.41. The van der Waals surface area contributed by atoms with Crippen molar-refractivity contribution in [3.05, 3.63) is 59.7 Å². The summed E-state index contributed by atoms with van der Waals surface area (Å²) in [6.45, 7) is 4.44. The van der Waals surface area contributed by atoms with E-state index in [0.29, 0.717) is 5.92 Å². The summed E-state index contributed by atoms with van der Waals surface area (Å²) in [6, 6.07) is 7.26. The van der Waals surface area contributed by atoms with E-state index in [1.807, 2.05) is 24.3 Å². The molecule has 0 spiro atoms. The van der Waals surface area contributed by atoms with Crippen molar-refractivity contribution in [2.24, 2.45) is 35.5 Å². The van der Waals surface area contributed by atoms with Crippen LogP contribution in [0.3, 0.4) is 0 Å². The van der Waals surface area contributed by atoms with Crippen LogP contribution in [0, 0.1) is 35.5 Å². The lowest BCUT2D eigenvalue weighted by atomic mass is 9.74. The Hall–Kier alpha value is -2.42. The number of fused-ring (bicyclic) bond motifs is 1. The Bertz CT molecular complexity index is 947. The Balaban J connectivity index is 1.44. The van der Waals surface area contributed by atoms with Crippen LogP contribution in [0.5, 0.6) is 5.75 Å². The first-order valence-corrected chi connectivity index (χ1v) is 11.1. The van der Waals surface area contributed by atoms with Crippen LogP contribution in [0.1, 0.15) is 45.1 Å². The average Bonchev–Trinajstić information content (AvgIpc) is 3.66. The van der Waals surface area contributed by atoms with Crippen LogP contribution in [0.4, 0.5) is 0 Å². The van der Waals surface area contributed by atoms with Crippen molar-refractivity contribution in [3.63, 3.8) is 0 Å². The van der Waals surface area contributed by atoms with E-state index in [1.165, 1.54) is 25.7 Å². The van der Waals surface area contributed by atoms with Gasteiger partial charge in [0, 0.05) is 11.5 Å². The molecule has 2 fully saturated rings. The van der Waals surface area contributed by atoms with E-state index < -0.39 is 0 Å². The lowest BCUT2D eigenvalue weighted by Crippen LogP contribution is -2.70. The molecule has 29 heavy (non-hydrogen) atoms. The van der Waals surface area contributed by atoms with Gasteiger partial charge in [0.15, 0.2) is 0 Å². The second-order valence-electron chi connectivity index (χ2n) is 9.41. The van der Waals surface area contributed by atoms with Gasteiger partial charge in [0.1, 0.15) is 5.75 Å². The predicted octanol–water partition coefficient (Wildman–Crippen LogP) is 3.66. The van der Waals surface area contributed by atoms with Crippen molar-refractivity contribution in [1.82, 2.24) is 0 Å². The van der Waals surface area contributed by atoms with Gasteiger partial charge in [-0.3, -0.25) is 4.79 Å².